The molecule has 0 heteroatoms. The number of hydrogen-bond acceptors (Lipinski definition) is 0. The highest BCUT2D eigenvalue weighted by Gasteiger charge is 2.28. The maximum atomic E-state index is 5.54. The Labute approximate surface area is 128 Å². The molecule has 0 aromatic heterocycles. The van der Waals surface area contributed by atoms with Crippen LogP contribution in [0.3, 0.4) is 0 Å². The molecular formula is C21H20. The van der Waals surface area contributed by atoms with Crippen molar-refractivity contribution in [2.75, 3.05) is 0 Å². The fourth-order valence-corrected chi connectivity index (χ4v) is 2.81. The van der Waals surface area contributed by atoms with Gasteiger partial charge >= 0.3 is 0 Å². The third kappa shape index (κ3) is 3.36. The molecule has 0 bridgehead atoms. The third-order valence-electron chi connectivity index (χ3n) is 3.64. The predicted octanol–water partition coefficient (Wildman–Crippen LogP) is 4.83. The van der Waals surface area contributed by atoms with E-state index < -0.39 is 0 Å². The van der Waals surface area contributed by atoms with Gasteiger partial charge in [0.05, 0.1) is 0 Å². The zero-order chi connectivity index (χ0) is 15.5. The summed E-state index contributed by atoms with van der Waals surface area (Å²) in [7, 11) is 0. The zero-order valence-electron chi connectivity index (χ0n) is 12.9. The van der Waals surface area contributed by atoms with Crippen LogP contribution < -0.4 is 0 Å². The highest BCUT2D eigenvalue weighted by molar-refractivity contribution is 5.44. The molecule has 0 N–H and O–H groups in total. The van der Waals surface area contributed by atoms with Gasteiger partial charge in [-0.3, -0.25) is 0 Å². The van der Waals surface area contributed by atoms with Crippen molar-refractivity contribution in [1.82, 2.24) is 0 Å². The molecule has 104 valence electrons. The van der Waals surface area contributed by atoms with Crippen LogP contribution in [0.25, 0.3) is 0 Å². The van der Waals surface area contributed by atoms with E-state index in [-0.39, 0.29) is 11.3 Å². The Morgan fingerprint density at radius 3 is 1.57 bits per heavy atom. The first-order chi connectivity index (χ1) is 9.95. The van der Waals surface area contributed by atoms with Gasteiger partial charge in [0.2, 0.25) is 0 Å². The Balaban J connectivity index is 2.59. The van der Waals surface area contributed by atoms with Crippen molar-refractivity contribution < 1.29 is 0 Å². The van der Waals surface area contributed by atoms with E-state index in [9.17, 15) is 0 Å². The van der Waals surface area contributed by atoms with Gasteiger partial charge in [0.25, 0.3) is 0 Å². The molecule has 0 aliphatic carbocycles. The molecule has 0 fully saturated rings. The second-order valence-electron chi connectivity index (χ2n) is 6.34. The maximum absolute atomic E-state index is 5.54. The Kier molecular flexibility index (Phi) is 4.21. The van der Waals surface area contributed by atoms with Gasteiger partial charge in [0.15, 0.2) is 0 Å². The predicted molar refractivity (Wildman–Crippen MR) is 90.1 cm³/mol. The molecule has 2 aromatic carbocycles. The first-order valence-electron chi connectivity index (χ1n) is 7.09. The molecule has 0 atom stereocenters. The molecule has 2 aromatic rings. The van der Waals surface area contributed by atoms with Crippen LogP contribution in [-0.4, -0.2) is 0 Å². The van der Waals surface area contributed by atoms with Crippen LogP contribution in [0.2, 0.25) is 0 Å². The molecule has 2 rings (SSSR count). The highest BCUT2D eigenvalue weighted by atomic mass is 14.3. The first kappa shape index (κ1) is 15.0. The van der Waals surface area contributed by atoms with Crippen molar-refractivity contribution in [2.45, 2.75) is 26.7 Å². The van der Waals surface area contributed by atoms with Gasteiger partial charge in [0, 0.05) is 17.0 Å². The molecule has 0 saturated heterocycles. The molecule has 0 heterocycles. The largest absolute Gasteiger partial charge is 0.115 e. The third-order valence-corrected chi connectivity index (χ3v) is 3.64. The van der Waals surface area contributed by atoms with Crippen LogP contribution in [0.1, 0.15) is 48.9 Å². The van der Waals surface area contributed by atoms with E-state index in [4.69, 9.17) is 12.8 Å². The Morgan fingerprint density at radius 2 is 1.24 bits per heavy atom. The number of hydrogen-bond donors (Lipinski definition) is 0. The molecule has 0 nitrogen and oxygen atoms in total. The summed E-state index contributed by atoms with van der Waals surface area (Å²) in [5.41, 5.74) is 4.35. The normalized spacial score (nSPS) is 11.0. The van der Waals surface area contributed by atoms with Crippen LogP contribution in [0.4, 0.5) is 0 Å². The maximum Gasteiger partial charge on any atom is 0.0245 e. The van der Waals surface area contributed by atoms with Gasteiger partial charge in [-0.15, -0.1) is 12.8 Å². The summed E-state index contributed by atoms with van der Waals surface area (Å²) in [6.45, 7) is 6.72. The summed E-state index contributed by atoms with van der Waals surface area (Å²) in [5, 5.41) is 0. The van der Waals surface area contributed by atoms with Gasteiger partial charge < -0.3 is 0 Å². The molecule has 21 heavy (non-hydrogen) atoms. The molecular weight excluding hydrogens is 252 g/mol. The van der Waals surface area contributed by atoms with E-state index >= 15 is 0 Å². The highest BCUT2D eigenvalue weighted by Crippen LogP contribution is 2.40. The number of rotatable bonds is 2. The van der Waals surface area contributed by atoms with Crippen molar-refractivity contribution in [2.24, 2.45) is 5.41 Å². The van der Waals surface area contributed by atoms with Crippen LogP contribution in [-0.2, 0) is 0 Å². The number of benzene rings is 2. The zero-order valence-corrected chi connectivity index (χ0v) is 12.9. The number of terminal acetylenes is 2. The lowest BCUT2D eigenvalue weighted by Crippen LogP contribution is -2.20. The first-order valence-corrected chi connectivity index (χ1v) is 7.09. The van der Waals surface area contributed by atoms with Gasteiger partial charge in [-0.1, -0.05) is 56.9 Å². The second kappa shape index (κ2) is 5.90. The van der Waals surface area contributed by atoms with E-state index in [0.717, 1.165) is 11.1 Å². The molecule has 0 amide bonds. The average Bonchev–Trinajstić information content (AvgIpc) is 2.46. The SMILES string of the molecule is C#Cc1cccc(C(c2cccc(C#C)c2)C(C)(C)C)c1. The molecule has 0 unspecified atom stereocenters. The van der Waals surface area contributed by atoms with E-state index in [1.807, 2.05) is 24.3 Å². The fourth-order valence-electron chi connectivity index (χ4n) is 2.81. The quantitative estimate of drug-likeness (QED) is 0.687. The molecule has 0 aliphatic heterocycles. The van der Waals surface area contributed by atoms with E-state index in [1.54, 1.807) is 0 Å². The van der Waals surface area contributed by atoms with Gasteiger partial charge in [-0.25, -0.2) is 0 Å². The van der Waals surface area contributed by atoms with Gasteiger partial charge in [0.1, 0.15) is 0 Å². The summed E-state index contributed by atoms with van der Waals surface area (Å²) in [6.07, 6.45) is 11.1. The fraction of sp³-hybridized carbons (Fsp3) is 0.238. The van der Waals surface area contributed by atoms with Gasteiger partial charge in [-0.2, -0.15) is 0 Å². The molecule has 0 spiro atoms. The van der Waals surface area contributed by atoms with Gasteiger partial charge in [-0.05, 0) is 40.8 Å². The standard InChI is InChI=1S/C21H20/c1-6-16-10-8-12-18(14-16)20(21(3,4)5)19-13-9-11-17(7-2)15-19/h1-2,8-15,20H,3-5H3. The van der Waals surface area contributed by atoms with Crippen molar-refractivity contribution in [1.29, 1.82) is 0 Å². The van der Waals surface area contributed by atoms with E-state index in [2.05, 4.69) is 56.9 Å². The summed E-state index contributed by atoms with van der Waals surface area (Å²) in [5.74, 6) is 5.68. The molecule has 0 radical (unpaired) electrons. The second-order valence-corrected chi connectivity index (χ2v) is 6.34. The van der Waals surface area contributed by atoms with E-state index in [1.165, 1.54) is 11.1 Å². The summed E-state index contributed by atoms with van der Waals surface area (Å²) in [6, 6.07) is 16.4. The van der Waals surface area contributed by atoms with Crippen LogP contribution >= 0.6 is 0 Å². The van der Waals surface area contributed by atoms with Crippen LogP contribution in [0.5, 0.6) is 0 Å². The average molecular weight is 272 g/mol. The van der Waals surface area contributed by atoms with Crippen molar-refractivity contribution >= 4 is 0 Å². The van der Waals surface area contributed by atoms with Crippen LogP contribution in [0.15, 0.2) is 48.5 Å². The minimum Gasteiger partial charge on any atom is -0.115 e. The van der Waals surface area contributed by atoms with E-state index in [0.29, 0.717) is 0 Å². The summed E-state index contributed by atoms with van der Waals surface area (Å²) < 4.78 is 0. The van der Waals surface area contributed by atoms with Crippen molar-refractivity contribution in [3.63, 3.8) is 0 Å². The smallest absolute Gasteiger partial charge is 0.0245 e. The summed E-state index contributed by atoms with van der Waals surface area (Å²) in [4.78, 5) is 0. The Hall–Kier alpha value is -2.44. The monoisotopic (exact) mass is 272 g/mol. The molecule has 0 aliphatic rings. The minimum atomic E-state index is 0.0699. The lowest BCUT2D eigenvalue weighted by molar-refractivity contribution is 0.358. The lowest BCUT2D eigenvalue weighted by atomic mass is 9.72. The minimum absolute atomic E-state index is 0.0699. The topological polar surface area (TPSA) is 0 Å². The van der Waals surface area contributed by atoms with Crippen LogP contribution in [0, 0.1) is 30.1 Å². The van der Waals surface area contributed by atoms with Crippen molar-refractivity contribution in [3.8, 4) is 24.7 Å². The van der Waals surface area contributed by atoms with Crippen molar-refractivity contribution in [3.05, 3.63) is 70.8 Å². The lowest BCUT2D eigenvalue weighted by Gasteiger charge is -2.32. The Morgan fingerprint density at radius 1 is 0.810 bits per heavy atom. The Bertz CT molecular complexity index is 657. The summed E-state index contributed by atoms with van der Waals surface area (Å²) >= 11 is 0. The molecule has 0 saturated carbocycles.